The summed E-state index contributed by atoms with van der Waals surface area (Å²) in [6.45, 7) is 6.49. The van der Waals surface area contributed by atoms with Crippen LogP contribution in [-0.4, -0.2) is 46.8 Å². The van der Waals surface area contributed by atoms with Gasteiger partial charge in [-0.25, -0.2) is 13.4 Å². The highest BCUT2D eigenvalue weighted by Gasteiger charge is 2.29. The van der Waals surface area contributed by atoms with Gasteiger partial charge >= 0.3 is 0 Å². The Morgan fingerprint density at radius 3 is 2.58 bits per heavy atom. The molecule has 0 fully saturated rings. The zero-order valence-corrected chi connectivity index (χ0v) is 15.2. The largest absolute Gasteiger partial charge is 0.332 e. The van der Waals surface area contributed by atoms with Gasteiger partial charge in [-0.2, -0.15) is 4.31 Å². The lowest BCUT2D eigenvalue weighted by Crippen LogP contribution is -2.38. The number of imidazole rings is 1. The molecule has 1 aromatic carbocycles. The normalized spacial score (nSPS) is 15.9. The number of fused-ring (bicyclic) bond motifs is 1. The number of aromatic nitrogens is 2. The van der Waals surface area contributed by atoms with Crippen LogP contribution in [0.2, 0.25) is 0 Å². The van der Waals surface area contributed by atoms with E-state index in [1.165, 1.54) is 4.31 Å². The molecule has 0 radical (unpaired) electrons. The van der Waals surface area contributed by atoms with Crippen molar-refractivity contribution in [3.05, 3.63) is 48.0 Å². The van der Waals surface area contributed by atoms with Crippen LogP contribution in [0, 0.1) is 0 Å². The Bertz CT molecular complexity index is 799. The Kier molecular flexibility index (Phi) is 4.76. The van der Waals surface area contributed by atoms with Crippen LogP contribution in [0.3, 0.4) is 0 Å². The van der Waals surface area contributed by atoms with E-state index in [-0.39, 0.29) is 0 Å². The Hall–Kier alpha value is -1.70. The molecule has 1 aliphatic heterocycles. The summed E-state index contributed by atoms with van der Waals surface area (Å²) in [5, 5.41) is 0. The third-order valence-corrected chi connectivity index (χ3v) is 6.35. The van der Waals surface area contributed by atoms with E-state index >= 15 is 0 Å². The monoisotopic (exact) mass is 348 g/mol. The highest BCUT2D eigenvalue weighted by molar-refractivity contribution is 7.89. The summed E-state index contributed by atoms with van der Waals surface area (Å²) in [6.07, 6.45) is 2.04. The molecule has 2 heterocycles. The molecule has 1 aliphatic rings. The first-order valence-electron chi connectivity index (χ1n) is 8.18. The molecule has 0 atom stereocenters. The maximum atomic E-state index is 12.8. The first-order chi connectivity index (χ1) is 11.4. The second-order valence-corrected chi connectivity index (χ2v) is 8.44. The van der Waals surface area contributed by atoms with Crippen LogP contribution in [0.25, 0.3) is 0 Å². The number of rotatable bonds is 5. The Labute approximate surface area is 143 Å². The summed E-state index contributed by atoms with van der Waals surface area (Å²) in [5.41, 5.74) is 0.986. The number of hydrogen-bond donors (Lipinski definition) is 0. The predicted octanol–water partition coefficient (Wildman–Crippen LogP) is 1.93. The van der Waals surface area contributed by atoms with Crippen molar-refractivity contribution in [1.82, 2.24) is 18.8 Å². The smallest absolute Gasteiger partial charge is 0.243 e. The molecular formula is C17H24N4O2S. The fraction of sp³-hybridized carbons (Fsp3) is 0.471. The summed E-state index contributed by atoms with van der Waals surface area (Å²) >= 11 is 0. The molecule has 0 aliphatic carbocycles. The maximum absolute atomic E-state index is 12.8. The molecule has 2 aromatic rings. The number of benzene rings is 1. The maximum Gasteiger partial charge on any atom is 0.243 e. The van der Waals surface area contributed by atoms with Gasteiger partial charge in [0, 0.05) is 31.9 Å². The molecule has 0 amide bonds. The molecule has 0 saturated carbocycles. The molecular weight excluding hydrogens is 324 g/mol. The first-order valence-corrected chi connectivity index (χ1v) is 9.62. The van der Waals surface area contributed by atoms with Crippen LogP contribution in [0.5, 0.6) is 0 Å². The van der Waals surface area contributed by atoms with Crippen molar-refractivity contribution in [3.8, 4) is 0 Å². The van der Waals surface area contributed by atoms with Crippen molar-refractivity contribution in [2.45, 2.75) is 44.4 Å². The van der Waals surface area contributed by atoms with Gasteiger partial charge < -0.3 is 4.57 Å². The molecule has 0 spiro atoms. The summed E-state index contributed by atoms with van der Waals surface area (Å²) in [4.78, 5) is 7.20. The van der Waals surface area contributed by atoms with Gasteiger partial charge in [-0.3, -0.25) is 4.90 Å². The predicted molar refractivity (Wildman–Crippen MR) is 92.9 cm³/mol. The van der Waals surface area contributed by atoms with Gasteiger partial charge in [0.05, 0.1) is 17.1 Å². The summed E-state index contributed by atoms with van der Waals surface area (Å²) in [7, 11) is -1.40. The molecule has 1 aromatic heterocycles. The van der Waals surface area contributed by atoms with Crippen molar-refractivity contribution >= 4 is 10.0 Å². The molecule has 0 unspecified atom stereocenters. The number of hydrogen-bond acceptors (Lipinski definition) is 4. The van der Waals surface area contributed by atoms with E-state index in [0.29, 0.717) is 30.6 Å². The first kappa shape index (κ1) is 17.1. The van der Waals surface area contributed by atoms with Gasteiger partial charge in [0.15, 0.2) is 0 Å². The van der Waals surface area contributed by atoms with Gasteiger partial charge in [-0.1, -0.05) is 18.2 Å². The lowest BCUT2D eigenvalue weighted by Gasteiger charge is -2.26. The minimum Gasteiger partial charge on any atom is -0.332 e. The van der Waals surface area contributed by atoms with E-state index in [2.05, 4.69) is 35.3 Å². The zero-order chi connectivity index (χ0) is 17.3. The fourth-order valence-electron chi connectivity index (χ4n) is 2.75. The topological polar surface area (TPSA) is 58.4 Å². The number of sulfonamides is 1. The standard InChI is InChI=1S/C17H24N4O2S/c1-14(2)19(3)11-15-12-20-9-10-21(13-17(20)18-15)24(22,23)16-7-5-4-6-8-16/h4-8,12,14H,9-11,13H2,1-3H3. The third-order valence-electron chi connectivity index (χ3n) is 4.49. The molecule has 7 heteroatoms. The van der Waals surface area contributed by atoms with E-state index in [0.717, 1.165) is 18.1 Å². The number of nitrogens with zero attached hydrogens (tertiary/aromatic N) is 4. The summed E-state index contributed by atoms with van der Waals surface area (Å²) in [5.74, 6) is 0.813. The molecule has 130 valence electrons. The van der Waals surface area contributed by atoms with Crippen molar-refractivity contribution in [1.29, 1.82) is 0 Å². The Morgan fingerprint density at radius 1 is 1.21 bits per heavy atom. The van der Waals surface area contributed by atoms with Crippen LogP contribution < -0.4 is 0 Å². The van der Waals surface area contributed by atoms with Crippen LogP contribution in [0.1, 0.15) is 25.4 Å². The minimum atomic E-state index is -3.46. The lowest BCUT2D eigenvalue weighted by molar-refractivity contribution is 0.263. The average molecular weight is 348 g/mol. The minimum absolute atomic E-state index is 0.322. The Morgan fingerprint density at radius 2 is 1.92 bits per heavy atom. The van der Waals surface area contributed by atoms with Crippen molar-refractivity contribution in [2.75, 3.05) is 13.6 Å². The van der Waals surface area contributed by atoms with E-state index in [1.54, 1.807) is 24.3 Å². The van der Waals surface area contributed by atoms with E-state index in [4.69, 9.17) is 0 Å². The second-order valence-electron chi connectivity index (χ2n) is 6.50. The fourth-order valence-corrected chi connectivity index (χ4v) is 4.16. The van der Waals surface area contributed by atoms with Crippen molar-refractivity contribution < 1.29 is 8.42 Å². The third kappa shape index (κ3) is 3.38. The van der Waals surface area contributed by atoms with Gasteiger partial charge in [-0.05, 0) is 33.0 Å². The quantitative estimate of drug-likeness (QED) is 0.828. The van der Waals surface area contributed by atoms with E-state index < -0.39 is 10.0 Å². The summed E-state index contributed by atoms with van der Waals surface area (Å²) in [6, 6.07) is 9.03. The van der Waals surface area contributed by atoms with Gasteiger partial charge in [0.2, 0.25) is 10.0 Å². The van der Waals surface area contributed by atoms with Crippen LogP contribution in [0.15, 0.2) is 41.4 Å². The van der Waals surface area contributed by atoms with Crippen molar-refractivity contribution in [2.24, 2.45) is 0 Å². The van der Waals surface area contributed by atoms with Crippen LogP contribution in [-0.2, 0) is 29.7 Å². The average Bonchev–Trinajstić information content (AvgIpc) is 2.96. The van der Waals surface area contributed by atoms with Crippen LogP contribution >= 0.6 is 0 Å². The molecule has 0 N–H and O–H groups in total. The van der Waals surface area contributed by atoms with Crippen LogP contribution in [0.4, 0.5) is 0 Å². The molecule has 6 nitrogen and oxygen atoms in total. The lowest BCUT2D eigenvalue weighted by atomic mass is 10.3. The highest BCUT2D eigenvalue weighted by atomic mass is 32.2. The van der Waals surface area contributed by atoms with Crippen molar-refractivity contribution in [3.63, 3.8) is 0 Å². The zero-order valence-electron chi connectivity index (χ0n) is 14.4. The molecule has 0 saturated heterocycles. The SMILES string of the molecule is CC(C)N(C)Cc1cn2c(n1)CN(S(=O)(=O)c1ccccc1)CC2. The van der Waals surface area contributed by atoms with Gasteiger partial charge in [0.25, 0.3) is 0 Å². The van der Waals surface area contributed by atoms with Gasteiger partial charge in [-0.15, -0.1) is 0 Å². The second kappa shape index (κ2) is 6.66. The van der Waals surface area contributed by atoms with E-state index in [1.807, 2.05) is 12.3 Å². The Balaban J connectivity index is 1.79. The molecule has 3 rings (SSSR count). The summed E-state index contributed by atoms with van der Waals surface area (Å²) < 4.78 is 29.1. The molecule has 0 bridgehead atoms. The molecule has 24 heavy (non-hydrogen) atoms. The van der Waals surface area contributed by atoms with E-state index in [9.17, 15) is 8.42 Å². The highest BCUT2D eigenvalue weighted by Crippen LogP contribution is 2.21. The van der Waals surface area contributed by atoms with Gasteiger partial charge in [0.1, 0.15) is 5.82 Å².